The highest BCUT2D eigenvalue weighted by molar-refractivity contribution is 5.86. The van der Waals surface area contributed by atoms with Crippen molar-refractivity contribution in [3.05, 3.63) is 0 Å². The minimum absolute atomic E-state index is 0.282. The van der Waals surface area contributed by atoms with E-state index < -0.39 is 6.29 Å². The average molecular weight is 116 g/mol. The molecule has 1 heterocycles. The molecule has 0 spiro atoms. The van der Waals surface area contributed by atoms with Gasteiger partial charge in [0, 0.05) is 6.54 Å². The van der Waals surface area contributed by atoms with Crippen molar-refractivity contribution in [3.8, 4) is 0 Å². The summed E-state index contributed by atoms with van der Waals surface area (Å²) >= 11 is 0. The van der Waals surface area contributed by atoms with Gasteiger partial charge in [-0.3, -0.25) is 4.99 Å². The Morgan fingerprint density at radius 3 is 2.62 bits per heavy atom. The van der Waals surface area contributed by atoms with E-state index in [1.165, 1.54) is 0 Å². The first kappa shape index (κ1) is 5.53. The zero-order valence-corrected chi connectivity index (χ0v) is 4.33. The highest BCUT2D eigenvalue weighted by atomic mass is 16.5. The average Bonchev–Trinajstić information content (AvgIpc) is 2.12. The van der Waals surface area contributed by atoms with Gasteiger partial charge in [-0.15, -0.1) is 0 Å². The van der Waals surface area contributed by atoms with Crippen LogP contribution in [0.4, 0.5) is 0 Å². The van der Waals surface area contributed by atoms with Crippen LogP contribution < -0.4 is 5.32 Å². The summed E-state index contributed by atoms with van der Waals surface area (Å²) in [6.45, 7) is 1.36. The topological polar surface area (TPSA) is 64.8 Å². The zero-order chi connectivity index (χ0) is 5.98. The molecule has 0 radical (unpaired) electrons. The maximum absolute atomic E-state index is 8.41. The summed E-state index contributed by atoms with van der Waals surface area (Å²) in [4.78, 5) is 3.74. The zero-order valence-electron chi connectivity index (χ0n) is 4.33. The van der Waals surface area contributed by atoms with Crippen LogP contribution in [0.15, 0.2) is 4.99 Å². The summed E-state index contributed by atoms with van der Waals surface area (Å²) in [7, 11) is 0. The molecule has 1 rings (SSSR count). The van der Waals surface area contributed by atoms with Crippen molar-refractivity contribution in [1.29, 1.82) is 0 Å². The highest BCUT2D eigenvalue weighted by Crippen LogP contribution is 1.87. The second-order valence-corrected chi connectivity index (χ2v) is 1.57. The Kier molecular flexibility index (Phi) is 1.45. The van der Waals surface area contributed by atoms with Gasteiger partial charge in [-0.2, -0.15) is 0 Å². The number of nitrogens with zero attached hydrogens (tertiary/aromatic N) is 1. The third-order valence-corrected chi connectivity index (χ3v) is 0.945. The van der Waals surface area contributed by atoms with Crippen LogP contribution in [0.3, 0.4) is 0 Å². The van der Waals surface area contributed by atoms with Gasteiger partial charge in [0.25, 0.3) is 0 Å². The second-order valence-electron chi connectivity index (χ2n) is 1.57. The Balaban J connectivity index is 2.45. The molecule has 0 aromatic carbocycles. The quantitative estimate of drug-likeness (QED) is 0.358. The first-order valence-corrected chi connectivity index (χ1v) is 2.45. The van der Waals surface area contributed by atoms with Crippen LogP contribution in [-0.2, 0) is 0 Å². The van der Waals surface area contributed by atoms with Gasteiger partial charge in [0.05, 0.1) is 6.54 Å². The smallest absolute Gasteiger partial charge is 0.211 e. The molecular formula is C4H8N2O2. The highest BCUT2D eigenvalue weighted by Gasteiger charge is 2.10. The lowest BCUT2D eigenvalue weighted by Crippen LogP contribution is -2.30. The van der Waals surface area contributed by atoms with Crippen molar-refractivity contribution < 1.29 is 10.2 Å². The maximum Gasteiger partial charge on any atom is 0.211 e. The van der Waals surface area contributed by atoms with E-state index in [-0.39, 0.29) is 5.84 Å². The van der Waals surface area contributed by atoms with Crippen LogP contribution in [0.25, 0.3) is 0 Å². The lowest BCUT2D eigenvalue weighted by Gasteiger charge is -2.00. The van der Waals surface area contributed by atoms with E-state index in [1.807, 2.05) is 0 Å². The van der Waals surface area contributed by atoms with Crippen molar-refractivity contribution in [2.45, 2.75) is 6.29 Å². The Bertz CT molecular complexity index is 111. The maximum atomic E-state index is 8.41. The van der Waals surface area contributed by atoms with E-state index in [4.69, 9.17) is 10.2 Å². The predicted octanol–water partition coefficient (Wildman–Crippen LogP) is -1.70. The third kappa shape index (κ3) is 0.962. The summed E-state index contributed by atoms with van der Waals surface area (Å²) in [5.74, 6) is 0.282. The number of rotatable bonds is 1. The number of nitrogens with one attached hydrogen (secondary N) is 1. The second kappa shape index (κ2) is 2.11. The van der Waals surface area contributed by atoms with E-state index in [0.29, 0.717) is 13.1 Å². The Labute approximate surface area is 46.9 Å². The van der Waals surface area contributed by atoms with Gasteiger partial charge in [0.2, 0.25) is 6.29 Å². The van der Waals surface area contributed by atoms with Crippen molar-refractivity contribution in [2.24, 2.45) is 4.99 Å². The van der Waals surface area contributed by atoms with Crippen molar-refractivity contribution in [1.82, 2.24) is 5.32 Å². The molecule has 4 nitrogen and oxygen atoms in total. The van der Waals surface area contributed by atoms with E-state index >= 15 is 0 Å². The number of amidine groups is 1. The summed E-state index contributed by atoms with van der Waals surface area (Å²) in [5, 5.41) is 19.5. The molecule has 0 aromatic rings. The molecule has 8 heavy (non-hydrogen) atoms. The van der Waals surface area contributed by atoms with Gasteiger partial charge in [-0.25, -0.2) is 0 Å². The molecular weight excluding hydrogens is 108 g/mol. The molecule has 0 fully saturated rings. The predicted molar refractivity (Wildman–Crippen MR) is 28.5 cm³/mol. The minimum Gasteiger partial charge on any atom is -0.368 e. The van der Waals surface area contributed by atoms with Gasteiger partial charge in [0.15, 0.2) is 5.84 Å². The Morgan fingerprint density at radius 2 is 2.38 bits per heavy atom. The number of aliphatic imine (C=N–C) groups is 1. The first-order valence-electron chi connectivity index (χ1n) is 2.45. The van der Waals surface area contributed by atoms with Gasteiger partial charge >= 0.3 is 0 Å². The Hall–Kier alpha value is -0.610. The van der Waals surface area contributed by atoms with E-state index in [9.17, 15) is 0 Å². The van der Waals surface area contributed by atoms with Crippen LogP contribution in [0.1, 0.15) is 0 Å². The number of aliphatic hydroxyl groups excluding tert-OH is 1. The molecule has 1 aliphatic heterocycles. The molecule has 3 N–H and O–H groups in total. The van der Waals surface area contributed by atoms with Gasteiger partial charge < -0.3 is 15.5 Å². The molecule has 0 atom stereocenters. The molecule has 0 aromatic heterocycles. The monoisotopic (exact) mass is 116 g/mol. The molecule has 0 bridgehead atoms. The van der Waals surface area contributed by atoms with Crippen LogP contribution in [0.2, 0.25) is 0 Å². The largest absolute Gasteiger partial charge is 0.368 e. The van der Waals surface area contributed by atoms with Gasteiger partial charge in [-0.05, 0) is 0 Å². The Morgan fingerprint density at radius 1 is 1.62 bits per heavy atom. The van der Waals surface area contributed by atoms with Crippen LogP contribution in [0, 0.1) is 0 Å². The number of hydrogen-bond acceptors (Lipinski definition) is 4. The van der Waals surface area contributed by atoms with E-state index in [0.717, 1.165) is 0 Å². The van der Waals surface area contributed by atoms with E-state index in [2.05, 4.69) is 10.3 Å². The summed E-state index contributed by atoms with van der Waals surface area (Å²) in [5.41, 5.74) is 0. The molecule has 0 saturated carbocycles. The molecule has 0 unspecified atom stereocenters. The molecule has 1 aliphatic rings. The van der Waals surface area contributed by atoms with Gasteiger partial charge in [0.1, 0.15) is 0 Å². The van der Waals surface area contributed by atoms with Crippen molar-refractivity contribution in [2.75, 3.05) is 13.1 Å². The summed E-state index contributed by atoms with van der Waals surface area (Å²) in [6.07, 6.45) is -1.42. The molecule has 0 amide bonds. The lowest BCUT2D eigenvalue weighted by atomic mass is 10.6. The van der Waals surface area contributed by atoms with Crippen LogP contribution >= 0.6 is 0 Å². The van der Waals surface area contributed by atoms with Crippen molar-refractivity contribution >= 4 is 5.84 Å². The fourth-order valence-corrected chi connectivity index (χ4v) is 0.589. The van der Waals surface area contributed by atoms with Crippen LogP contribution in [-0.4, -0.2) is 35.4 Å². The molecule has 46 valence electrons. The minimum atomic E-state index is -1.42. The van der Waals surface area contributed by atoms with Gasteiger partial charge in [-0.1, -0.05) is 0 Å². The van der Waals surface area contributed by atoms with E-state index in [1.54, 1.807) is 0 Å². The van der Waals surface area contributed by atoms with Crippen molar-refractivity contribution in [3.63, 3.8) is 0 Å². The molecule has 4 heteroatoms. The summed E-state index contributed by atoms with van der Waals surface area (Å²) < 4.78 is 0. The fraction of sp³-hybridized carbons (Fsp3) is 0.750. The molecule has 0 saturated heterocycles. The lowest BCUT2D eigenvalue weighted by molar-refractivity contribution is 0.0175. The standard InChI is InChI=1S/C4H8N2O2/c7-4(8)3-5-1-2-6-3/h4,7-8H,1-2H2,(H,5,6). The molecule has 0 aliphatic carbocycles. The third-order valence-electron chi connectivity index (χ3n) is 0.945. The number of hydrogen-bond donors (Lipinski definition) is 3. The van der Waals surface area contributed by atoms with Crippen LogP contribution in [0.5, 0.6) is 0 Å². The number of aliphatic hydroxyl groups is 2. The SMILES string of the molecule is OC(O)C1=NCCN1. The normalized spacial score (nSPS) is 18.6. The first-order chi connectivity index (χ1) is 3.80. The summed E-state index contributed by atoms with van der Waals surface area (Å²) in [6, 6.07) is 0. The fourth-order valence-electron chi connectivity index (χ4n) is 0.589.